The van der Waals surface area contributed by atoms with Gasteiger partial charge < -0.3 is 10.2 Å². The molecule has 7 heteroatoms. The molecular formula is C18H17ClFN3OS. The third kappa shape index (κ3) is 4.46. The summed E-state index contributed by atoms with van der Waals surface area (Å²) < 4.78 is 14.5. The molecule has 3 rings (SSSR count). The van der Waals surface area contributed by atoms with Crippen LogP contribution in [0, 0.1) is 5.82 Å². The molecule has 130 valence electrons. The van der Waals surface area contributed by atoms with E-state index in [0.29, 0.717) is 22.2 Å². The standard InChI is InChI=1S/C18H17ClFN3OS/c1-23(18-22-17-14(20)3-2-4-15(17)25-18)11-16(24)21-10-9-12-5-7-13(19)8-6-12/h2-8H,9-11H2,1H3,(H,21,24). The molecule has 1 amide bonds. The predicted octanol–water partition coefficient (Wildman–Crippen LogP) is 3.88. The number of amides is 1. The van der Waals surface area contributed by atoms with E-state index in [4.69, 9.17) is 11.6 Å². The number of carbonyl (C=O) groups is 1. The van der Waals surface area contributed by atoms with Crippen LogP contribution in [0.15, 0.2) is 42.5 Å². The Morgan fingerprint density at radius 2 is 2.04 bits per heavy atom. The first kappa shape index (κ1) is 17.6. The number of para-hydroxylation sites is 1. The number of thiazole rings is 1. The predicted molar refractivity (Wildman–Crippen MR) is 101 cm³/mol. The molecule has 1 heterocycles. The van der Waals surface area contributed by atoms with Gasteiger partial charge in [0.1, 0.15) is 11.3 Å². The highest BCUT2D eigenvalue weighted by atomic mass is 35.5. The van der Waals surface area contributed by atoms with E-state index < -0.39 is 0 Å². The van der Waals surface area contributed by atoms with Crippen LogP contribution >= 0.6 is 22.9 Å². The number of aromatic nitrogens is 1. The van der Waals surface area contributed by atoms with Crippen LogP contribution in [0.3, 0.4) is 0 Å². The molecule has 0 radical (unpaired) electrons. The van der Waals surface area contributed by atoms with Crippen molar-refractivity contribution in [3.05, 3.63) is 58.9 Å². The van der Waals surface area contributed by atoms with Gasteiger partial charge in [-0.15, -0.1) is 0 Å². The number of hydrogen-bond donors (Lipinski definition) is 1. The molecule has 1 N–H and O–H groups in total. The van der Waals surface area contributed by atoms with Gasteiger partial charge in [-0.1, -0.05) is 41.1 Å². The third-order valence-electron chi connectivity index (χ3n) is 3.71. The van der Waals surface area contributed by atoms with Gasteiger partial charge in [0.15, 0.2) is 5.13 Å². The average molecular weight is 378 g/mol. The van der Waals surface area contributed by atoms with Gasteiger partial charge in [-0.2, -0.15) is 0 Å². The van der Waals surface area contributed by atoms with Crippen molar-refractivity contribution in [2.45, 2.75) is 6.42 Å². The van der Waals surface area contributed by atoms with Crippen molar-refractivity contribution < 1.29 is 9.18 Å². The minimum Gasteiger partial charge on any atom is -0.354 e. The number of rotatable bonds is 6. The van der Waals surface area contributed by atoms with Gasteiger partial charge in [-0.25, -0.2) is 9.37 Å². The normalized spacial score (nSPS) is 10.8. The van der Waals surface area contributed by atoms with Crippen molar-refractivity contribution in [2.75, 3.05) is 25.0 Å². The Hall–Kier alpha value is -2.18. The number of nitrogens with one attached hydrogen (secondary N) is 1. The van der Waals surface area contributed by atoms with E-state index in [-0.39, 0.29) is 18.3 Å². The van der Waals surface area contributed by atoms with Gasteiger partial charge in [0.05, 0.1) is 11.2 Å². The molecule has 25 heavy (non-hydrogen) atoms. The monoisotopic (exact) mass is 377 g/mol. The minimum absolute atomic E-state index is 0.101. The van der Waals surface area contributed by atoms with Gasteiger partial charge >= 0.3 is 0 Å². The fraction of sp³-hybridized carbons (Fsp3) is 0.222. The molecule has 0 aliphatic rings. The first-order valence-electron chi connectivity index (χ1n) is 7.80. The fourth-order valence-electron chi connectivity index (χ4n) is 2.40. The van der Waals surface area contributed by atoms with Crippen molar-refractivity contribution in [3.63, 3.8) is 0 Å². The molecule has 0 fully saturated rings. The van der Waals surface area contributed by atoms with Crippen molar-refractivity contribution in [2.24, 2.45) is 0 Å². The van der Waals surface area contributed by atoms with Crippen LogP contribution in [-0.4, -0.2) is 31.0 Å². The SMILES string of the molecule is CN(CC(=O)NCCc1ccc(Cl)cc1)c1nc2c(F)cccc2s1. The van der Waals surface area contributed by atoms with Gasteiger partial charge in [0.2, 0.25) is 5.91 Å². The second-order valence-electron chi connectivity index (χ2n) is 5.67. The molecule has 0 unspecified atom stereocenters. The van der Waals surface area contributed by atoms with E-state index in [2.05, 4.69) is 10.3 Å². The summed E-state index contributed by atoms with van der Waals surface area (Å²) in [6.45, 7) is 0.713. The lowest BCUT2D eigenvalue weighted by molar-refractivity contribution is -0.119. The average Bonchev–Trinajstić information content (AvgIpc) is 3.02. The van der Waals surface area contributed by atoms with E-state index >= 15 is 0 Å². The van der Waals surface area contributed by atoms with E-state index in [9.17, 15) is 9.18 Å². The largest absolute Gasteiger partial charge is 0.354 e. The summed E-state index contributed by atoms with van der Waals surface area (Å²) in [5, 5.41) is 4.20. The lowest BCUT2D eigenvalue weighted by Crippen LogP contribution is -2.36. The summed E-state index contributed by atoms with van der Waals surface area (Å²) in [5.74, 6) is -0.447. The summed E-state index contributed by atoms with van der Waals surface area (Å²) in [6, 6.07) is 12.4. The summed E-state index contributed by atoms with van der Waals surface area (Å²) in [7, 11) is 1.77. The zero-order valence-electron chi connectivity index (χ0n) is 13.6. The van der Waals surface area contributed by atoms with Crippen LogP contribution in [-0.2, 0) is 11.2 Å². The molecule has 0 saturated heterocycles. The van der Waals surface area contributed by atoms with Crippen LogP contribution < -0.4 is 10.2 Å². The lowest BCUT2D eigenvalue weighted by atomic mass is 10.1. The Balaban J connectivity index is 1.53. The van der Waals surface area contributed by atoms with Crippen LogP contribution in [0.2, 0.25) is 5.02 Å². The Labute approximate surface area is 154 Å². The first-order chi connectivity index (χ1) is 12.0. The summed E-state index contributed by atoms with van der Waals surface area (Å²) >= 11 is 7.21. The van der Waals surface area contributed by atoms with Crippen molar-refractivity contribution in [3.8, 4) is 0 Å². The third-order valence-corrected chi connectivity index (χ3v) is 5.10. The maximum atomic E-state index is 13.7. The fourth-order valence-corrected chi connectivity index (χ4v) is 3.47. The van der Waals surface area contributed by atoms with Gasteiger partial charge in [-0.05, 0) is 36.2 Å². The number of likely N-dealkylation sites (N-methyl/N-ethyl adjacent to an activating group) is 1. The highest BCUT2D eigenvalue weighted by Crippen LogP contribution is 2.29. The molecule has 0 spiro atoms. The van der Waals surface area contributed by atoms with Crippen LogP contribution in [0.1, 0.15) is 5.56 Å². The van der Waals surface area contributed by atoms with Crippen molar-refractivity contribution in [1.29, 1.82) is 0 Å². The van der Waals surface area contributed by atoms with E-state index in [1.54, 1.807) is 18.0 Å². The van der Waals surface area contributed by atoms with Gasteiger partial charge in [-0.3, -0.25) is 4.79 Å². The first-order valence-corrected chi connectivity index (χ1v) is 9.00. The van der Waals surface area contributed by atoms with Crippen molar-refractivity contribution in [1.82, 2.24) is 10.3 Å². The highest BCUT2D eigenvalue weighted by Gasteiger charge is 2.13. The number of carbonyl (C=O) groups excluding carboxylic acids is 1. The molecule has 0 saturated carbocycles. The number of halogens is 2. The number of benzene rings is 2. The summed E-state index contributed by atoms with van der Waals surface area (Å²) in [5.41, 5.74) is 1.46. The second-order valence-corrected chi connectivity index (χ2v) is 7.11. The van der Waals surface area contributed by atoms with Gasteiger partial charge in [0.25, 0.3) is 0 Å². The number of hydrogen-bond acceptors (Lipinski definition) is 4. The quantitative estimate of drug-likeness (QED) is 0.709. The van der Waals surface area contributed by atoms with Crippen LogP contribution in [0.25, 0.3) is 10.2 Å². The summed E-state index contributed by atoms with van der Waals surface area (Å²) in [4.78, 5) is 18.1. The lowest BCUT2D eigenvalue weighted by Gasteiger charge is -2.15. The number of fused-ring (bicyclic) bond motifs is 1. The van der Waals surface area contributed by atoms with Gasteiger partial charge in [0, 0.05) is 18.6 Å². The molecule has 1 aromatic heterocycles. The van der Waals surface area contributed by atoms with Crippen molar-refractivity contribution >= 4 is 44.2 Å². The molecule has 2 aromatic carbocycles. The summed E-state index contributed by atoms with van der Waals surface area (Å²) in [6.07, 6.45) is 0.735. The smallest absolute Gasteiger partial charge is 0.239 e. The maximum Gasteiger partial charge on any atom is 0.239 e. The van der Waals surface area contributed by atoms with Crippen LogP contribution in [0.5, 0.6) is 0 Å². The second kappa shape index (κ2) is 7.80. The Bertz CT molecular complexity index is 882. The minimum atomic E-state index is -0.346. The maximum absolute atomic E-state index is 13.7. The number of anilines is 1. The molecular weight excluding hydrogens is 361 g/mol. The molecule has 0 atom stereocenters. The molecule has 4 nitrogen and oxygen atoms in total. The van der Waals surface area contributed by atoms with E-state index in [1.165, 1.54) is 17.4 Å². The van der Waals surface area contributed by atoms with Crippen LogP contribution in [0.4, 0.5) is 9.52 Å². The molecule has 3 aromatic rings. The van der Waals surface area contributed by atoms with E-state index in [0.717, 1.165) is 16.7 Å². The Kier molecular flexibility index (Phi) is 5.50. The van der Waals surface area contributed by atoms with E-state index in [1.807, 2.05) is 30.3 Å². The topological polar surface area (TPSA) is 45.2 Å². The zero-order chi connectivity index (χ0) is 17.8. The number of nitrogens with zero attached hydrogens (tertiary/aromatic N) is 2. The molecule has 0 aliphatic carbocycles. The zero-order valence-corrected chi connectivity index (χ0v) is 15.2. The molecule has 0 bridgehead atoms. The Morgan fingerprint density at radius 3 is 2.76 bits per heavy atom. The Morgan fingerprint density at radius 1 is 1.28 bits per heavy atom. The highest BCUT2D eigenvalue weighted by molar-refractivity contribution is 7.22. The molecule has 0 aliphatic heterocycles.